The average molecular weight is 565 g/mol. The van der Waals surface area contributed by atoms with Gasteiger partial charge in [0.2, 0.25) is 17.8 Å². The Balaban J connectivity index is 1.30. The van der Waals surface area contributed by atoms with Crippen LogP contribution in [0.5, 0.6) is 0 Å². The summed E-state index contributed by atoms with van der Waals surface area (Å²) in [4.78, 5) is 40.1. The molecule has 37 heavy (non-hydrogen) atoms. The largest absolute Gasteiger partial charge is 0.352 e. The molecule has 4 aromatic rings. The zero-order valence-electron chi connectivity index (χ0n) is 21.0. The molecule has 11 heteroatoms. The molecular formula is C26H29BrN8O2. The second kappa shape index (κ2) is 10.4. The van der Waals surface area contributed by atoms with Gasteiger partial charge in [-0.3, -0.25) is 14.6 Å². The molecule has 3 heterocycles. The number of nitrogens with one attached hydrogen (secondary N) is 2. The maximum atomic E-state index is 12.9. The lowest BCUT2D eigenvalue weighted by Crippen LogP contribution is -2.42. The molecule has 1 saturated carbocycles. The highest BCUT2D eigenvalue weighted by Gasteiger charge is 2.32. The molecule has 3 aromatic heterocycles. The van der Waals surface area contributed by atoms with E-state index in [-0.39, 0.29) is 36.4 Å². The summed E-state index contributed by atoms with van der Waals surface area (Å²) in [5.74, 6) is 0.202. The number of benzene rings is 1. The Kier molecular flexibility index (Phi) is 7.05. The second-order valence-electron chi connectivity index (χ2n) is 9.78. The van der Waals surface area contributed by atoms with E-state index in [1.165, 1.54) is 4.90 Å². The van der Waals surface area contributed by atoms with E-state index in [0.29, 0.717) is 22.6 Å². The predicted molar refractivity (Wildman–Crippen MR) is 145 cm³/mol. The Morgan fingerprint density at radius 2 is 2.05 bits per heavy atom. The Morgan fingerprint density at radius 1 is 1.22 bits per heavy atom. The highest BCUT2D eigenvalue weighted by molar-refractivity contribution is 9.10. The summed E-state index contributed by atoms with van der Waals surface area (Å²) in [7, 11) is 1.68. The van der Waals surface area contributed by atoms with Gasteiger partial charge < -0.3 is 15.5 Å². The van der Waals surface area contributed by atoms with Gasteiger partial charge in [0.1, 0.15) is 4.60 Å². The molecule has 0 saturated heterocycles. The molecule has 0 radical (unpaired) electrons. The molecule has 5 rings (SSSR count). The zero-order valence-corrected chi connectivity index (χ0v) is 22.6. The number of carbonyl (C=O) groups excluding carboxylic acids is 2. The van der Waals surface area contributed by atoms with Crippen LogP contribution in [-0.2, 0) is 9.59 Å². The summed E-state index contributed by atoms with van der Waals surface area (Å²) in [6, 6.07) is 9.99. The number of nitrogens with zero attached hydrogens (tertiary/aromatic N) is 6. The quantitative estimate of drug-likeness (QED) is 0.351. The van der Waals surface area contributed by atoms with Crippen LogP contribution >= 0.6 is 15.9 Å². The number of aromatic nitrogens is 5. The van der Waals surface area contributed by atoms with Crippen LogP contribution in [-0.4, -0.2) is 67.1 Å². The van der Waals surface area contributed by atoms with Crippen LogP contribution < -0.4 is 10.6 Å². The van der Waals surface area contributed by atoms with Gasteiger partial charge in [-0.05, 0) is 73.3 Å². The minimum atomic E-state index is -0.148. The van der Waals surface area contributed by atoms with Crippen LogP contribution in [0.2, 0.25) is 0 Å². The highest BCUT2D eigenvalue weighted by Crippen LogP contribution is 2.30. The van der Waals surface area contributed by atoms with Gasteiger partial charge in [-0.25, -0.2) is 9.67 Å². The van der Waals surface area contributed by atoms with E-state index >= 15 is 0 Å². The second-order valence-corrected chi connectivity index (χ2v) is 10.5. The number of amides is 2. The van der Waals surface area contributed by atoms with Crippen molar-refractivity contribution in [3.63, 3.8) is 0 Å². The van der Waals surface area contributed by atoms with Crippen LogP contribution in [0.25, 0.3) is 27.6 Å². The third kappa shape index (κ3) is 5.41. The van der Waals surface area contributed by atoms with Crippen molar-refractivity contribution in [2.45, 2.75) is 45.2 Å². The number of carbonyl (C=O) groups is 2. The summed E-state index contributed by atoms with van der Waals surface area (Å²) >= 11 is 3.53. The van der Waals surface area contributed by atoms with Crippen molar-refractivity contribution in [1.82, 2.24) is 34.9 Å². The van der Waals surface area contributed by atoms with E-state index in [4.69, 9.17) is 4.98 Å². The number of fused-ring (bicyclic) bond motifs is 2. The van der Waals surface area contributed by atoms with Gasteiger partial charge in [-0.15, -0.1) is 0 Å². The standard InChI is InChI=1S/C26H29BrN8O2/c1-15(2)30-22(36)14-34(3)25(37)17-6-7-18(11-17)31-26-29-13-20-23(27)33-35(24(20)32-26)19-8-9-21-16(12-19)5-4-10-28-21/h4-5,8-10,12-13,15,17-18H,6-7,11,14H2,1-3H3,(H,30,36)(H,29,31,32)/t17-,18-/m1/s1. The van der Waals surface area contributed by atoms with Gasteiger partial charge >= 0.3 is 0 Å². The minimum Gasteiger partial charge on any atom is -0.352 e. The lowest BCUT2D eigenvalue weighted by atomic mass is 10.1. The average Bonchev–Trinajstić information content (AvgIpc) is 3.47. The predicted octanol–water partition coefficient (Wildman–Crippen LogP) is 3.69. The summed E-state index contributed by atoms with van der Waals surface area (Å²) < 4.78 is 2.45. The van der Waals surface area contributed by atoms with Gasteiger partial charge in [0.25, 0.3) is 0 Å². The van der Waals surface area contributed by atoms with Gasteiger partial charge in [0, 0.05) is 42.8 Å². The summed E-state index contributed by atoms with van der Waals surface area (Å²) in [5, 5.41) is 12.7. The molecule has 2 amide bonds. The Morgan fingerprint density at radius 3 is 2.86 bits per heavy atom. The molecule has 0 bridgehead atoms. The first kappa shape index (κ1) is 25.1. The molecule has 1 aliphatic carbocycles. The molecule has 2 N–H and O–H groups in total. The molecule has 0 unspecified atom stereocenters. The summed E-state index contributed by atoms with van der Waals surface area (Å²) in [6.07, 6.45) is 5.76. The number of likely N-dealkylation sites (N-methyl/N-ethyl adjacent to an activating group) is 1. The van der Waals surface area contributed by atoms with Crippen molar-refractivity contribution in [3.8, 4) is 5.69 Å². The maximum Gasteiger partial charge on any atom is 0.239 e. The molecule has 1 fully saturated rings. The monoisotopic (exact) mass is 564 g/mol. The SMILES string of the molecule is CC(C)NC(=O)CN(C)C(=O)[C@@H]1CC[C@@H](Nc2ncc3c(Br)nn(-c4ccc5ncccc5c4)c3n2)C1. The van der Waals surface area contributed by atoms with Crippen molar-refractivity contribution in [2.75, 3.05) is 18.9 Å². The molecule has 0 aliphatic heterocycles. The lowest BCUT2D eigenvalue weighted by molar-refractivity contribution is -0.138. The van der Waals surface area contributed by atoms with Crippen molar-refractivity contribution in [1.29, 1.82) is 0 Å². The fraction of sp³-hybridized carbons (Fsp3) is 0.385. The van der Waals surface area contributed by atoms with Gasteiger partial charge in [0.05, 0.1) is 23.1 Å². The van der Waals surface area contributed by atoms with Crippen LogP contribution in [0, 0.1) is 5.92 Å². The number of pyridine rings is 1. The van der Waals surface area contributed by atoms with E-state index in [0.717, 1.165) is 34.8 Å². The number of halogens is 1. The van der Waals surface area contributed by atoms with E-state index in [1.807, 2.05) is 44.2 Å². The molecular weight excluding hydrogens is 536 g/mol. The lowest BCUT2D eigenvalue weighted by Gasteiger charge is -2.21. The smallest absolute Gasteiger partial charge is 0.239 e. The van der Waals surface area contributed by atoms with E-state index in [9.17, 15) is 9.59 Å². The third-order valence-electron chi connectivity index (χ3n) is 6.53. The molecule has 10 nitrogen and oxygen atoms in total. The summed E-state index contributed by atoms with van der Waals surface area (Å²) in [5.41, 5.74) is 2.46. The topological polar surface area (TPSA) is 118 Å². The minimum absolute atomic E-state index is 0.00706. The Labute approximate surface area is 223 Å². The Hall–Kier alpha value is -3.60. The first-order valence-electron chi connectivity index (χ1n) is 12.4. The van der Waals surface area contributed by atoms with Crippen molar-refractivity contribution in [2.24, 2.45) is 5.92 Å². The van der Waals surface area contributed by atoms with Crippen LogP contribution in [0.1, 0.15) is 33.1 Å². The summed E-state index contributed by atoms with van der Waals surface area (Å²) in [6.45, 7) is 3.86. The molecule has 1 aliphatic rings. The van der Waals surface area contributed by atoms with Crippen molar-refractivity contribution < 1.29 is 9.59 Å². The molecule has 1 aromatic carbocycles. The molecule has 2 atom stereocenters. The highest BCUT2D eigenvalue weighted by atomic mass is 79.9. The van der Waals surface area contributed by atoms with Crippen molar-refractivity contribution >= 4 is 55.6 Å². The van der Waals surface area contributed by atoms with Crippen molar-refractivity contribution in [3.05, 3.63) is 47.3 Å². The van der Waals surface area contributed by atoms with E-state index in [1.54, 1.807) is 24.1 Å². The third-order valence-corrected chi connectivity index (χ3v) is 7.12. The first-order valence-corrected chi connectivity index (χ1v) is 13.1. The Bertz CT molecular complexity index is 1470. The van der Waals surface area contributed by atoms with Crippen LogP contribution in [0.15, 0.2) is 47.3 Å². The van der Waals surface area contributed by atoms with E-state index in [2.05, 4.69) is 41.6 Å². The first-order chi connectivity index (χ1) is 17.8. The van der Waals surface area contributed by atoms with Crippen LogP contribution in [0.3, 0.4) is 0 Å². The normalized spacial score (nSPS) is 17.4. The van der Waals surface area contributed by atoms with E-state index < -0.39 is 0 Å². The number of hydrogen-bond donors (Lipinski definition) is 2. The fourth-order valence-corrected chi connectivity index (χ4v) is 5.24. The van der Waals surface area contributed by atoms with Gasteiger partial charge in [0.15, 0.2) is 5.65 Å². The van der Waals surface area contributed by atoms with Gasteiger partial charge in [-0.1, -0.05) is 6.07 Å². The fourth-order valence-electron chi connectivity index (χ4n) is 4.81. The molecule has 192 valence electrons. The maximum absolute atomic E-state index is 12.9. The zero-order chi connectivity index (χ0) is 26.1. The molecule has 0 spiro atoms. The number of anilines is 1. The number of rotatable bonds is 7. The van der Waals surface area contributed by atoms with Crippen LogP contribution in [0.4, 0.5) is 5.95 Å². The van der Waals surface area contributed by atoms with Gasteiger partial charge in [-0.2, -0.15) is 10.1 Å². The number of hydrogen-bond acceptors (Lipinski definition) is 7.